The molecule has 1 N–H and O–H groups in total. The van der Waals surface area contributed by atoms with Crippen molar-refractivity contribution in [1.82, 2.24) is 5.32 Å². The summed E-state index contributed by atoms with van der Waals surface area (Å²) in [4.78, 5) is 11.8. The van der Waals surface area contributed by atoms with Crippen molar-refractivity contribution >= 4 is 21.7 Å². The van der Waals surface area contributed by atoms with Gasteiger partial charge in [0.05, 0.1) is 6.54 Å². The van der Waals surface area contributed by atoms with Crippen LogP contribution in [-0.4, -0.2) is 18.4 Å². The smallest absolute Gasteiger partial charge is 0.151 e. The van der Waals surface area contributed by atoms with Crippen LogP contribution in [0.4, 0.5) is 4.39 Å². The number of hydrogen-bond donors (Lipinski definition) is 1. The third-order valence-corrected chi connectivity index (χ3v) is 3.83. The Morgan fingerprint density at radius 3 is 2.83 bits per heavy atom. The number of benzene rings is 1. The van der Waals surface area contributed by atoms with E-state index in [4.69, 9.17) is 0 Å². The topological polar surface area (TPSA) is 29.1 Å². The second kappa shape index (κ2) is 6.43. The third kappa shape index (κ3) is 3.89. The molecular weight excluding hydrogens is 297 g/mol. The molecule has 0 heterocycles. The van der Waals surface area contributed by atoms with E-state index >= 15 is 0 Å². The van der Waals surface area contributed by atoms with Gasteiger partial charge in [-0.25, -0.2) is 4.39 Å². The zero-order valence-electron chi connectivity index (χ0n) is 10.2. The van der Waals surface area contributed by atoms with E-state index in [0.29, 0.717) is 18.2 Å². The summed E-state index contributed by atoms with van der Waals surface area (Å²) in [6, 6.07) is 5.17. The summed E-state index contributed by atoms with van der Waals surface area (Å²) in [5.74, 6) is -0.272. The van der Waals surface area contributed by atoms with Crippen LogP contribution in [0.25, 0.3) is 0 Å². The fourth-order valence-corrected chi connectivity index (χ4v) is 2.75. The standard InChI is InChI=1S/C14H17BrFNO/c15-11-5-6-14(16)10(7-11)8-13(18)9-17-12-3-1-2-4-12/h5-7,12,17H,1-4,8-9H2. The number of carbonyl (C=O) groups excluding carboxylic acids is 1. The SMILES string of the molecule is O=C(CNC1CCCC1)Cc1cc(Br)ccc1F. The Labute approximate surface area is 115 Å². The molecule has 1 aromatic rings. The van der Waals surface area contributed by atoms with Crippen molar-refractivity contribution in [2.45, 2.75) is 38.1 Å². The first-order valence-corrected chi connectivity index (χ1v) is 7.13. The molecule has 98 valence electrons. The fourth-order valence-electron chi connectivity index (χ4n) is 2.34. The number of halogens is 2. The Morgan fingerprint density at radius 1 is 1.39 bits per heavy atom. The molecule has 2 nitrogen and oxygen atoms in total. The number of ketones is 1. The monoisotopic (exact) mass is 313 g/mol. The highest BCUT2D eigenvalue weighted by atomic mass is 79.9. The van der Waals surface area contributed by atoms with Gasteiger partial charge in [-0.2, -0.15) is 0 Å². The van der Waals surface area contributed by atoms with Crippen molar-refractivity contribution < 1.29 is 9.18 Å². The van der Waals surface area contributed by atoms with E-state index in [2.05, 4.69) is 21.2 Å². The van der Waals surface area contributed by atoms with Gasteiger partial charge in [0.15, 0.2) is 5.78 Å². The van der Waals surface area contributed by atoms with E-state index in [9.17, 15) is 9.18 Å². The lowest BCUT2D eigenvalue weighted by atomic mass is 10.1. The molecule has 0 unspecified atom stereocenters. The molecule has 0 aliphatic heterocycles. The summed E-state index contributed by atoms with van der Waals surface area (Å²) in [7, 11) is 0. The van der Waals surface area contributed by atoms with Crippen LogP contribution >= 0.6 is 15.9 Å². The molecule has 0 bridgehead atoms. The molecule has 2 rings (SSSR count). The lowest BCUT2D eigenvalue weighted by Crippen LogP contribution is -2.32. The van der Waals surface area contributed by atoms with Crippen LogP contribution in [0.1, 0.15) is 31.2 Å². The third-order valence-electron chi connectivity index (χ3n) is 3.34. The first kappa shape index (κ1) is 13.7. The number of rotatable bonds is 5. The zero-order chi connectivity index (χ0) is 13.0. The average Bonchev–Trinajstić information content (AvgIpc) is 2.84. The van der Waals surface area contributed by atoms with Crippen LogP contribution in [0.15, 0.2) is 22.7 Å². The molecule has 18 heavy (non-hydrogen) atoms. The summed E-state index contributed by atoms with van der Waals surface area (Å²) in [6.45, 7) is 0.344. The normalized spacial score (nSPS) is 16.1. The lowest BCUT2D eigenvalue weighted by molar-refractivity contribution is -0.117. The van der Waals surface area contributed by atoms with E-state index in [1.54, 1.807) is 12.1 Å². The average molecular weight is 314 g/mol. The van der Waals surface area contributed by atoms with Crippen LogP contribution < -0.4 is 5.32 Å². The van der Waals surface area contributed by atoms with Crippen LogP contribution in [0.5, 0.6) is 0 Å². The van der Waals surface area contributed by atoms with Crippen molar-refractivity contribution in [3.05, 3.63) is 34.1 Å². The van der Waals surface area contributed by atoms with Crippen LogP contribution in [-0.2, 0) is 11.2 Å². The van der Waals surface area contributed by atoms with Gasteiger partial charge in [0, 0.05) is 16.9 Å². The predicted octanol–water partition coefficient (Wildman–Crippen LogP) is 3.23. The van der Waals surface area contributed by atoms with Crippen molar-refractivity contribution in [2.24, 2.45) is 0 Å². The molecule has 0 spiro atoms. The predicted molar refractivity (Wildman–Crippen MR) is 73.1 cm³/mol. The van der Waals surface area contributed by atoms with Crippen LogP contribution in [0.2, 0.25) is 0 Å². The molecule has 0 aromatic heterocycles. The number of hydrogen-bond acceptors (Lipinski definition) is 2. The molecule has 4 heteroatoms. The Bertz CT molecular complexity index is 430. The maximum atomic E-state index is 13.5. The highest BCUT2D eigenvalue weighted by Crippen LogP contribution is 2.18. The molecular formula is C14H17BrFNO. The molecule has 1 aliphatic carbocycles. The Hall–Kier alpha value is -0.740. The van der Waals surface area contributed by atoms with Gasteiger partial charge < -0.3 is 5.32 Å². The Kier molecular flexibility index (Phi) is 4.89. The quantitative estimate of drug-likeness (QED) is 0.904. The highest BCUT2D eigenvalue weighted by molar-refractivity contribution is 9.10. The number of carbonyl (C=O) groups is 1. The molecule has 0 amide bonds. The van der Waals surface area contributed by atoms with Crippen molar-refractivity contribution in [1.29, 1.82) is 0 Å². The van der Waals surface area contributed by atoms with Gasteiger partial charge in [0.2, 0.25) is 0 Å². The molecule has 0 atom stereocenters. The van der Waals surface area contributed by atoms with Gasteiger partial charge in [-0.05, 0) is 36.6 Å². The first-order valence-electron chi connectivity index (χ1n) is 6.34. The van der Waals surface area contributed by atoms with Gasteiger partial charge in [-0.15, -0.1) is 0 Å². The minimum absolute atomic E-state index is 0.0406. The fraction of sp³-hybridized carbons (Fsp3) is 0.500. The molecule has 1 aromatic carbocycles. The molecule has 1 aliphatic rings. The Morgan fingerprint density at radius 2 is 2.11 bits per heavy atom. The second-order valence-electron chi connectivity index (χ2n) is 4.81. The van der Waals surface area contributed by atoms with Crippen LogP contribution in [0.3, 0.4) is 0 Å². The van der Waals surface area contributed by atoms with Gasteiger partial charge in [0.25, 0.3) is 0 Å². The van der Waals surface area contributed by atoms with Crippen molar-refractivity contribution in [3.8, 4) is 0 Å². The van der Waals surface area contributed by atoms with Crippen molar-refractivity contribution in [3.63, 3.8) is 0 Å². The van der Waals surface area contributed by atoms with Gasteiger partial charge in [-0.1, -0.05) is 28.8 Å². The minimum Gasteiger partial charge on any atom is -0.307 e. The highest BCUT2D eigenvalue weighted by Gasteiger charge is 2.16. The van der Waals surface area contributed by atoms with Gasteiger partial charge in [-0.3, -0.25) is 4.79 Å². The van der Waals surface area contributed by atoms with Gasteiger partial charge in [0.1, 0.15) is 5.82 Å². The maximum absolute atomic E-state index is 13.5. The summed E-state index contributed by atoms with van der Waals surface area (Å²) >= 11 is 3.29. The van der Waals surface area contributed by atoms with E-state index in [1.807, 2.05) is 0 Å². The lowest BCUT2D eigenvalue weighted by Gasteiger charge is -2.11. The maximum Gasteiger partial charge on any atom is 0.151 e. The van der Waals surface area contributed by atoms with Crippen LogP contribution in [0, 0.1) is 5.82 Å². The minimum atomic E-state index is -0.313. The molecule has 1 saturated carbocycles. The summed E-state index contributed by atoms with van der Waals surface area (Å²) < 4.78 is 14.3. The largest absolute Gasteiger partial charge is 0.307 e. The van der Waals surface area contributed by atoms with E-state index in [0.717, 1.165) is 17.3 Å². The van der Waals surface area contributed by atoms with Gasteiger partial charge >= 0.3 is 0 Å². The summed E-state index contributed by atoms with van der Waals surface area (Å²) in [6.07, 6.45) is 4.94. The van der Waals surface area contributed by atoms with E-state index in [-0.39, 0.29) is 18.0 Å². The molecule has 0 radical (unpaired) electrons. The second-order valence-corrected chi connectivity index (χ2v) is 5.73. The summed E-state index contributed by atoms with van der Waals surface area (Å²) in [5.41, 5.74) is 0.461. The number of nitrogens with one attached hydrogen (secondary N) is 1. The molecule has 1 fully saturated rings. The van der Waals surface area contributed by atoms with Crippen molar-refractivity contribution in [2.75, 3.05) is 6.54 Å². The first-order chi connectivity index (χ1) is 8.65. The Balaban J connectivity index is 1.84. The van der Waals surface area contributed by atoms with E-state index < -0.39 is 0 Å². The number of Topliss-reactive ketones (excluding diaryl/α,β-unsaturated/α-hetero) is 1. The molecule has 0 saturated heterocycles. The summed E-state index contributed by atoms with van der Waals surface area (Å²) in [5, 5.41) is 3.25. The van der Waals surface area contributed by atoms with E-state index in [1.165, 1.54) is 18.9 Å². The zero-order valence-corrected chi connectivity index (χ0v) is 11.8.